The third-order valence-electron chi connectivity index (χ3n) is 4.60. The van der Waals surface area contributed by atoms with E-state index in [1.165, 1.54) is 19.1 Å². The first-order chi connectivity index (χ1) is 13.5. The molecule has 2 atom stereocenters. The van der Waals surface area contributed by atoms with Crippen LogP contribution >= 0.6 is 11.6 Å². The average molecular weight is 404 g/mol. The summed E-state index contributed by atoms with van der Waals surface area (Å²) in [5.41, 5.74) is 1.36. The second-order valence-corrected chi connectivity index (χ2v) is 6.91. The van der Waals surface area contributed by atoms with Crippen LogP contribution in [0.3, 0.4) is 0 Å². The lowest BCUT2D eigenvalue weighted by atomic mass is 9.96. The highest BCUT2D eigenvalue weighted by Crippen LogP contribution is 2.39. The average Bonchev–Trinajstić information content (AvgIpc) is 3.18. The predicted octanol–water partition coefficient (Wildman–Crippen LogP) is 3.92. The number of esters is 1. The summed E-state index contributed by atoms with van der Waals surface area (Å²) in [6, 6.07) is 12.9. The Balaban J connectivity index is 1.57. The Bertz CT molecular complexity index is 855. The number of nitrogens with one attached hydrogen (secondary N) is 1. The predicted molar refractivity (Wildman–Crippen MR) is 105 cm³/mol. The van der Waals surface area contributed by atoms with Crippen molar-refractivity contribution >= 4 is 23.5 Å². The number of rotatable bonds is 7. The fourth-order valence-corrected chi connectivity index (χ4v) is 3.22. The normalized spacial score (nSPS) is 14.2. The number of hydrogen-bond donors (Lipinski definition) is 1. The standard InChI is InChI=1S/C21H22ClNO5/c1-3-14(15-7-5-4-6-8-15)11-23-20(24)13(2)28-21(25)16-9-17(22)19-18(10-16)26-12-27-19/h4-10,13-14H,3,11-12H2,1-2H3,(H,23,24)/t13-,14+/m0/s1. The summed E-state index contributed by atoms with van der Waals surface area (Å²) in [4.78, 5) is 24.7. The van der Waals surface area contributed by atoms with Gasteiger partial charge in [-0.15, -0.1) is 0 Å². The van der Waals surface area contributed by atoms with E-state index in [4.69, 9.17) is 25.8 Å². The monoisotopic (exact) mass is 403 g/mol. The Morgan fingerprint density at radius 1 is 1.21 bits per heavy atom. The van der Waals surface area contributed by atoms with Crippen LogP contribution in [0.5, 0.6) is 11.5 Å². The van der Waals surface area contributed by atoms with Crippen LogP contribution in [0.2, 0.25) is 5.02 Å². The van der Waals surface area contributed by atoms with E-state index < -0.39 is 12.1 Å². The first-order valence-corrected chi connectivity index (χ1v) is 9.50. The van der Waals surface area contributed by atoms with Crippen molar-refractivity contribution in [1.82, 2.24) is 5.32 Å². The van der Waals surface area contributed by atoms with Gasteiger partial charge >= 0.3 is 5.97 Å². The van der Waals surface area contributed by atoms with Gasteiger partial charge < -0.3 is 19.5 Å². The summed E-state index contributed by atoms with van der Waals surface area (Å²) >= 11 is 6.08. The minimum absolute atomic E-state index is 0.0480. The van der Waals surface area contributed by atoms with E-state index in [9.17, 15) is 9.59 Å². The van der Waals surface area contributed by atoms with E-state index in [1.54, 1.807) is 0 Å². The number of fused-ring (bicyclic) bond motifs is 1. The van der Waals surface area contributed by atoms with E-state index in [2.05, 4.69) is 12.2 Å². The highest BCUT2D eigenvalue weighted by atomic mass is 35.5. The summed E-state index contributed by atoms with van der Waals surface area (Å²) in [6.45, 7) is 4.12. The fraction of sp³-hybridized carbons (Fsp3) is 0.333. The Hall–Kier alpha value is -2.73. The van der Waals surface area contributed by atoms with Gasteiger partial charge in [0.05, 0.1) is 10.6 Å². The molecular weight excluding hydrogens is 382 g/mol. The van der Waals surface area contributed by atoms with E-state index in [1.807, 2.05) is 30.3 Å². The maximum absolute atomic E-state index is 12.4. The lowest BCUT2D eigenvalue weighted by Gasteiger charge is -2.18. The van der Waals surface area contributed by atoms with Crippen molar-refractivity contribution < 1.29 is 23.8 Å². The maximum atomic E-state index is 12.4. The largest absolute Gasteiger partial charge is 0.454 e. The highest BCUT2D eigenvalue weighted by Gasteiger charge is 2.24. The molecule has 0 unspecified atom stereocenters. The summed E-state index contributed by atoms with van der Waals surface area (Å²) in [5.74, 6) is -0.0334. The molecule has 6 nitrogen and oxygen atoms in total. The fourth-order valence-electron chi connectivity index (χ4n) is 2.96. The minimum atomic E-state index is -0.940. The second kappa shape index (κ2) is 8.97. The third-order valence-corrected chi connectivity index (χ3v) is 4.88. The molecule has 1 N–H and O–H groups in total. The van der Waals surface area contributed by atoms with Crippen LogP contribution in [0.4, 0.5) is 0 Å². The van der Waals surface area contributed by atoms with Gasteiger partial charge in [0.1, 0.15) is 0 Å². The smallest absolute Gasteiger partial charge is 0.339 e. The zero-order chi connectivity index (χ0) is 20.1. The zero-order valence-electron chi connectivity index (χ0n) is 15.7. The molecule has 0 fully saturated rings. The van der Waals surface area contributed by atoms with Gasteiger partial charge in [-0.3, -0.25) is 4.79 Å². The van der Waals surface area contributed by atoms with Crippen LogP contribution in [0.1, 0.15) is 42.1 Å². The van der Waals surface area contributed by atoms with Gasteiger partial charge in [0.15, 0.2) is 17.6 Å². The van der Waals surface area contributed by atoms with Crippen molar-refractivity contribution in [1.29, 1.82) is 0 Å². The highest BCUT2D eigenvalue weighted by molar-refractivity contribution is 6.32. The maximum Gasteiger partial charge on any atom is 0.339 e. The molecule has 148 valence electrons. The van der Waals surface area contributed by atoms with Crippen LogP contribution in [0.25, 0.3) is 0 Å². The SMILES string of the molecule is CC[C@H](CNC(=O)[C@H](C)OC(=O)c1cc(Cl)c2c(c1)OCO2)c1ccccc1. The molecule has 3 rings (SSSR count). The summed E-state index contributed by atoms with van der Waals surface area (Å²) in [6.07, 6.45) is -0.0567. The van der Waals surface area contributed by atoms with Gasteiger partial charge in [-0.25, -0.2) is 4.79 Å². The molecule has 1 aliphatic rings. The van der Waals surface area contributed by atoms with Crippen molar-refractivity contribution in [2.75, 3.05) is 13.3 Å². The van der Waals surface area contributed by atoms with Crippen LogP contribution in [-0.2, 0) is 9.53 Å². The van der Waals surface area contributed by atoms with Crippen molar-refractivity contribution in [2.24, 2.45) is 0 Å². The zero-order valence-corrected chi connectivity index (χ0v) is 16.5. The van der Waals surface area contributed by atoms with Crippen LogP contribution in [-0.4, -0.2) is 31.3 Å². The molecule has 0 bridgehead atoms. The Labute approximate surface area is 168 Å². The molecule has 1 amide bonds. The van der Waals surface area contributed by atoms with E-state index in [0.717, 1.165) is 12.0 Å². The lowest BCUT2D eigenvalue weighted by Crippen LogP contribution is -2.38. The molecule has 0 aromatic heterocycles. The van der Waals surface area contributed by atoms with Crippen LogP contribution in [0.15, 0.2) is 42.5 Å². The molecule has 2 aromatic carbocycles. The number of carbonyl (C=O) groups excluding carboxylic acids is 2. The molecule has 28 heavy (non-hydrogen) atoms. The van der Waals surface area contributed by atoms with E-state index in [-0.39, 0.29) is 29.2 Å². The summed E-state index contributed by atoms with van der Waals surface area (Å²) in [7, 11) is 0. The Morgan fingerprint density at radius 3 is 2.68 bits per heavy atom. The van der Waals surface area contributed by atoms with Crippen LogP contribution in [0, 0.1) is 0 Å². The van der Waals surface area contributed by atoms with E-state index >= 15 is 0 Å². The molecule has 1 heterocycles. The lowest BCUT2D eigenvalue weighted by molar-refractivity contribution is -0.129. The van der Waals surface area contributed by atoms with Crippen molar-refractivity contribution in [3.8, 4) is 11.5 Å². The van der Waals surface area contributed by atoms with Crippen molar-refractivity contribution in [3.63, 3.8) is 0 Å². The Morgan fingerprint density at radius 2 is 1.96 bits per heavy atom. The van der Waals surface area contributed by atoms with Gasteiger partial charge in [0, 0.05) is 12.5 Å². The van der Waals surface area contributed by atoms with Crippen LogP contribution < -0.4 is 14.8 Å². The number of carbonyl (C=O) groups is 2. The van der Waals surface area contributed by atoms with Crippen molar-refractivity contribution in [2.45, 2.75) is 32.3 Å². The molecule has 0 saturated heterocycles. The van der Waals surface area contributed by atoms with Gasteiger partial charge in [-0.1, -0.05) is 48.9 Å². The second-order valence-electron chi connectivity index (χ2n) is 6.50. The molecule has 7 heteroatoms. The molecule has 0 saturated carbocycles. The Kier molecular flexibility index (Phi) is 6.41. The van der Waals surface area contributed by atoms with Crippen molar-refractivity contribution in [3.05, 3.63) is 58.6 Å². The number of benzene rings is 2. The molecule has 0 radical (unpaired) electrons. The molecule has 0 spiro atoms. The molecule has 0 aliphatic carbocycles. The number of halogens is 1. The topological polar surface area (TPSA) is 73.9 Å². The molecule has 2 aromatic rings. The summed E-state index contributed by atoms with van der Waals surface area (Å²) < 4.78 is 15.7. The molecule has 1 aliphatic heterocycles. The van der Waals surface area contributed by atoms with Gasteiger partial charge in [0.2, 0.25) is 6.79 Å². The number of hydrogen-bond acceptors (Lipinski definition) is 5. The summed E-state index contributed by atoms with van der Waals surface area (Å²) in [5, 5.41) is 3.11. The third kappa shape index (κ3) is 4.57. The van der Waals surface area contributed by atoms with Gasteiger partial charge in [-0.2, -0.15) is 0 Å². The number of ether oxygens (including phenoxy) is 3. The first kappa shape index (κ1) is 20.0. The number of amides is 1. The molecular formula is C21H22ClNO5. The first-order valence-electron chi connectivity index (χ1n) is 9.12. The van der Waals surface area contributed by atoms with Gasteiger partial charge in [0.25, 0.3) is 5.91 Å². The quantitative estimate of drug-likeness (QED) is 0.709. The van der Waals surface area contributed by atoms with Gasteiger partial charge in [-0.05, 0) is 31.0 Å². The minimum Gasteiger partial charge on any atom is -0.454 e. The van der Waals surface area contributed by atoms with E-state index in [0.29, 0.717) is 18.0 Å².